The molecule has 0 aliphatic carbocycles. The SMILES string of the molecule is CCc1ncc(CNCc2csc(Br)c2)s1. The Kier molecular flexibility index (Phi) is 4.52. The van der Waals surface area contributed by atoms with Crippen molar-refractivity contribution < 1.29 is 0 Å². The maximum atomic E-state index is 4.34. The Hall–Kier alpha value is -0.230. The van der Waals surface area contributed by atoms with Gasteiger partial charge in [-0.15, -0.1) is 22.7 Å². The van der Waals surface area contributed by atoms with Gasteiger partial charge in [0, 0.05) is 24.2 Å². The van der Waals surface area contributed by atoms with Crippen molar-refractivity contribution in [3.05, 3.63) is 36.9 Å². The molecular formula is C11H13BrN2S2. The minimum Gasteiger partial charge on any atom is -0.308 e. The molecule has 0 saturated carbocycles. The van der Waals surface area contributed by atoms with Gasteiger partial charge in [-0.3, -0.25) is 0 Å². The molecule has 0 radical (unpaired) electrons. The Morgan fingerprint density at radius 3 is 2.94 bits per heavy atom. The van der Waals surface area contributed by atoms with Gasteiger partial charge in [-0.25, -0.2) is 4.98 Å². The summed E-state index contributed by atoms with van der Waals surface area (Å²) in [5.74, 6) is 0. The monoisotopic (exact) mass is 316 g/mol. The lowest BCUT2D eigenvalue weighted by molar-refractivity contribution is 0.701. The van der Waals surface area contributed by atoms with Gasteiger partial charge in [0.15, 0.2) is 0 Å². The molecule has 2 rings (SSSR count). The molecule has 0 aliphatic rings. The molecular weight excluding hydrogens is 304 g/mol. The lowest BCUT2D eigenvalue weighted by Gasteiger charge is -1.99. The Morgan fingerprint density at radius 2 is 2.31 bits per heavy atom. The number of nitrogens with one attached hydrogen (secondary N) is 1. The second-order valence-electron chi connectivity index (χ2n) is 3.44. The largest absolute Gasteiger partial charge is 0.308 e. The molecule has 0 fully saturated rings. The predicted octanol–water partition coefficient (Wildman–Crippen LogP) is 3.82. The first-order chi connectivity index (χ1) is 7.78. The molecule has 0 unspecified atom stereocenters. The zero-order valence-corrected chi connectivity index (χ0v) is 12.2. The molecule has 0 bridgehead atoms. The number of halogens is 1. The maximum absolute atomic E-state index is 4.34. The molecule has 2 heterocycles. The minimum atomic E-state index is 0.908. The molecule has 2 nitrogen and oxygen atoms in total. The fraction of sp³-hybridized carbons (Fsp3) is 0.364. The van der Waals surface area contributed by atoms with Gasteiger partial charge in [-0.2, -0.15) is 0 Å². The molecule has 0 amide bonds. The van der Waals surface area contributed by atoms with Gasteiger partial charge in [0.2, 0.25) is 0 Å². The lowest BCUT2D eigenvalue weighted by Crippen LogP contribution is -2.10. The highest BCUT2D eigenvalue weighted by Crippen LogP contribution is 2.20. The summed E-state index contributed by atoms with van der Waals surface area (Å²) in [6.07, 6.45) is 3.00. The van der Waals surface area contributed by atoms with E-state index in [2.05, 4.69) is 44.6 Å². The molecule has 0 spiro atoms. The van der Waals surface area contributed by atoms with Crippen LogP contribution in [-0.2, 0) is 19.5 Å². The molecule has 1 N–H and O–H groups in total. The number of thiazole rings is 1. The highest BCUT2D eigenvalue weighted by molar-refractivity contribution is 9.11. The van der Waals surface area contributed by atoms with Crippen LogP contribution in [0.1, 0.15) is 22.4 Å². The first-order valence-electron chi connectivity index (χ1n) is 5.15. The second kappa shape index (κ2) is 5.91. The van der Waals surface area contributed by atoms with Crippen LogP contribution in [-0.4, -0.2) is 4.98 Å². The smallest absolute Gasteiger partial charge is 0.0925 e. The van der Waals surface area contributed by atoms with E-state index in [1.807, 2.05) is 6.20 Å². The van der Waals surface area contributed by atoms with Crippen molar-refractivity contribution in [2.45, 2.75) is 26.4 Å². The highest BCUT2D eigenvalue weighted by atomic mass is 79.9. The molecule has 86 valence electrons. The predicted molar refractivity (Wildman–Crippen MR) is 74.1 cm³/mol. The maximum Gasteiger partial charge on any atom is 0.0925 e. The van der Waals surface area contributed by atoms with Crippen molar-refractivity contribution in [2.75, 3.05) is 0 Å². The zero-order valence-electron chi connectivity index (χ0n) is 9.00. The number of nitrogens with zero attached hydrogens (tertiary/aromatic N) is 1. The van der Waals surface area contributed by atoms with Crippen molar-refractivity contribution in [1.82, 2.24) is 10.3 Å². The van der Waals surface area contributed by atoms with Crippen LogP contribution in [0.2, 0.25) is 0 Å². The van der Waals surface area contributed by atoms with Crippen molar-refractivity contribution >= 4 is 38.6 Å². The van der Waals surface area contributed by atoms with Gasteiger partial charge in [0.05, 0.1) is 8.79 Å². The van der Waals surface area contributed by atoms with E-state index >= 15 is 0 Å². The van der Waals surface area contributed by atoms with E-state index in [1.165, 1.54) is 19.2 Å². The topological polar surface area (TPSA) is 24.9 Å². The van der Waals surface area contributed by atoms with Gasteiger partial charge in [0.25, 0.3) is 0 Å². The highest BCUT2D eigenvalue weighted by Gasteiger charge is 2.00. The van der Waals surface area contributed by atoms with E-state index in [1.54, 1.807) is 22.7 Å². The normalized spacial score (nSPS) is 10.9. The average Bonchev–Trinajstić information content (AvgIpc) is 2.88. The van der Waals surface area contributed by atoms with E-state index in [0.29, 0.717) is 0 Å². The first-order valence-corrected chi connectivity index (χ1v) is 7.64. The summed E-state index contributed by atoms with van der Waals surface area (Å²) in [6, 6.07) is 2.15. The van der Waals surface area contributed by atoms with Crippen LogP contribution in [0.4, 0.5) is 0 Å². The molecule has 5 heteroatoms. The summed E-state index contributed by atoms with van der Waals surface area (Å²) in [6.45, 7) is 3.96. The number of hydrogen-bond donors (Lipinski definition) is 1. The Labute approximate surface area is 112 Å². The second-order valence-corrected chi connectivity index (χ2v) is 6.93. The molecule has 0 atom stereocenters. The van der Waals surface area contributed by atoms with Crippen LogP contribution in [0.3, 0.4) is 0 Å². The third kappa shape index (κ3) is 3.38. The summed E-state index contributed by atoms with van der Waals surface area (Å²) >= 11 is 6.98. The van der Waals surface area contributed by atoms with Gasteiger partial charge < -0.3 is 5.32 Å². The molecule has 0 aliphatic heterocycles. The first kappa shape index (κ1) is 12.2. The van der Waals surface area contributed by atoms with E-state index in [0.717, 1.165) is 19.5 Å². The van der Waals surface area contributed by atoms with Gasteiger partial charge in [0.1, 0.15) is 0 Å². The van der Waals surface area contributed by atoms with E-state index in [4.69, 9.17) is 0 Å². The van der Waals surface area contributed by atoms with Crippen molar-refractivity contribution in [1.29, 1.82) is 0 Å². The molecule has 0 saturated heterocycles. The van der Waals surface area contributed by atoms with E-state index in [9.17, 15) is 0 Å². The Balaban J connectivity index is 1.79. The number of rotatable bonds is 5. The van der Waals surface area contributed by atoms with Gasteiger partial charge >= 0.3 is 0 Å². The third-order valence-electron chi connectivity index (χ3n) is 2.15. The van der Waals surface area contributed by atoms with Crippen LogP contribution in [0.15, 0.2) is 21.4 Å². The lowest BCUT2D eigenvalue weighted by atomic mass is 10.3. The van der Waals surface area contributed by atoms with Crippen LogP contribution in [0.5, 0.6) is 0 Å². The number of aromatic nitrogens is 1. The molecule has 16 heavy (non-hydrogen) atoms. The van der Waals surface area contributed by atoms with Gasteiger partial charge in [-0.05, 0) is 39.4 Å². The standard InChI is InChI=1S/C11H13BrN2S2/c1-2-11-14-6-9(16-11)5-13-4-8-3-10(12)15-7-8/h3,6-7,13H,2,4-5H2,1H3. The molecule has 0 aromatic carbocycles. The molecule has 2 aromatic rings. The number of aryl methyl sites for hydroxylation is 1. The van der Waals surface area contributed by atoms with Crippen molar-refractivity contribution in [2.24, 2.45) is 0 Å². The summed E-state index contributed by atoms with van der Waals surface area (Å²) in [5, 5.41) is 6.81. The summed E-state index contributed by atoms with van der Waals surface area (Å²) in [4.78, 5) is 5.65. The van der Waals surface area contributed by atoms with Crippen molar-refractivity contribution in [3.8, 4) is 0 Å². The average molecular weight is 317 g/mol. The summed E-state index contributed by atoms with van der Waals surface area (Å²) < 4.78 is 1.19. The summed E-state index contributed by atoms with van der Waals surface area (Å²) in [7, 11) is 0. The summed E-state index contributed by atoms with van der Waals surface area (Å²) in [5.41, 5.74) is 1.33. The van der Waals surface area contributed by atoms with Crippen LogP contribution >= 0.6 is 38.6 Å². The Morgan fingerprint density at radius 1 is 1.44 bits per heavy atom. The van der Waals surface area contributed by atoms with Crippen LogP contribution in [0.25, 0.3) is 0 Å². The minimum absolute atomic E-state index is 0.908. The van der Waals surface area contributed by atoms with E-state index < -0.39 is 0 Å². The van der Waals surface area contributed by atoms with Crippen LogP contribution < -0.4 is 5.32 Å². The fourth-order valence-corrected chi connectivity index (χ4v) is 3.40. The fourth-order valence-electron chi connectivity index (χ4n) is 1.36. The van der Waals surface area contributed by atoms with E-state index in [-0.39, 0.29) is 0 Å². The number of hydrogen-bond acceptors (Lipinski definition) is 4. The Bertz CT molecular complexity index is 450. The quantitative estimate of drug-likeness (QED) is 0.907. The van der Waals surface area contributed by atoms with Crippen LogP contribution in [0, 0.1) is 0 Å². The molecule has 2 aromatic heterocycles. The third-order valence-corrected chi connectivity index (χ3v) is 4.85. The zero-order chi connectivity index (χ0) is 11.4. The van der Waals surface area contributed by atoms with Gasteiger partial charge in [-0.1, -0.05) is 6.92 Å². The van der Waals surface area contributed by atoms with Crippen molar-refractivity contribution in [3.63, 3.8) is 0 Å². The number of thiophene rings is 1.